The number of rotatable bonds is 10. The number of aromatic nitrogens is 4. The maximum absolute atomic E-state index is 12.1. The fourth-order valence-electron chi connectivity index (χ4n) is 4.12. The van der Waals surface area contributed by atoms with Gasteiger partial charge < -0.3 is 30.2 Å². The summed E-state index contributed by atoms with van der Waals surface area (Å²) in [5.74, 6) is 0.826. The van der Waals surface area contributed by atoms with Crippen LogP contribution in [0.3, 0.4) is 0 Å². The van der Waals surface area contributed by atoms with Crippen molar-refractivity contribution in [3.8, 4) is 17.1 Å². The number of carbonyl (C=O) groups excluding carboxylic acids is 1. The molecule has 0 bridgehead atoms. The lowest BCUT2D eigenvalue weighted by molar-refractivity contribution is -0.112. The zero-order chi connectivity index (χ0) is 26.7. The number of anilines is 3. The summed E-state index contributed by atoms with van der Waals surface area (Å²) in [6, 6.07) is 11.7. The zero-order valence-corrected chi connectivity index (χ0v) is 21.8. The third kappa shape index (κ3) is 5.39. The summed E-state index contributed by atoms with van der Waals surface area (Å²) in [5.41, 5.74) is 9.74. The van der Waals surface area contributed by atoms with Crippen molar-refractivity contribution in [3.63, 3.8) is 0 Å². The van der Waals surface area contributed by atoms with E-state index in [0.717, 1.165) is 35.2 Å². The van der Waals surface area contributed by atoms with Crippen molar-refractivity contribution in [2.24, 2.45) is 12.8 Å². The Morgan fingerprint density at radius 1 is 1.16 bits per heavy atom. The number of ether oxygens (including phenoxy) is 1. The number of nitrogens with two attached hydrogens (primary N) is 1. The van der Waals surface area contributed by atoms with Gasteiger partial charge in [-0.1, -0.05) is 24.8 Å². The Morgan fingerprint density at radius 2 is 1.92 bits per heavy atom. The SMILES string of the molecule is C=C(C(N)=O)c1cc(Nc2ncnc(-c3cn(C)c4ccccc34)n2)c(OC)cc1N(C)CCN(C)C. The molecule has 0 aliphatic carbocycles. The van der Waals surface area contributed by atoms with Crippen molar-refractivity contribution in [3.05, 3.63) is 61.1 Å². The molecule has 0 saturated heterocycles. The molecular formula is C27H32N8O2. The molecule has 10 nitrogen and oxygen atoms in total. The van der Waals surface area contributed by atoms with Crippen LogP contribution in [0, 0.1) is 0 Å². The van der Waals surface area contributed by atoms with E-state index in [4.69, 9.17) is 10.5 Å². The summed E-state index contributed by atoms with van der Waals surface area (Å²) in [6.07, 6.45) is 3.46. The van der Waals surface area contributed by atoms with Gasteiger partial charge in [0.15, 0.2) is 5.82 Å². The number of hydrogen-bond acceptors (Lipinski definition) is 8. The molecule has 4 aromatic rings. The predicted molar refractivity (Wildman–Crippen MR) is 148 cm³/mol. The molecule has 0 atom stereocenters. The van der Waals surface area contributed by atoms with E-state index >= 15 is 0 Å². The van der Waals surface area contributed by atoms with E-state index in [-0.39, 0.29) is 5.57 Å². The lowest BCUT2D eigenvalue weighted by Crippen LogP contribution is -2.29. The van der Waals surface area contributed by atoms with E-state index in [2.05, 4.69) is 31.7 Å². The van der Waals surface area contributed by atoms with Crippen LogP contribution in [-0.4, -0.2) is 71.7 Å². The molecule has 1 amide bonds. The Bertz CT molecular complexity index is 1460. The summed E-state index contributed by atoms with van der Waals surface area (Å²) in [5, 5.41) is 4.27. The topological polar surface area (TPSA) is 114 Å². The van der Waals surface area contributed by atoms with E-state index in [0.29, 0.717) is 28.8 Å². The van der Waals surface area contributed by atoms with Gasteiger partial charge in [0, 0.05) is 72.7 Å². The van der Waals surface area contributed by atoms with Crippen molar-refractivity contribution in [2.45, 2.75) is 0 Å². The molecule has 2 heterocycles. The highest BCUT2D eigenvalue weighted by atomic mass is 16.5. The van der Waals surface area contributed by atoms with Crippen LogP contribution in [0.5, 0.6) is 5.75 Å². The second-order valence-electron chi connectivity index (χ2n) is 9.07. The molecule has 2 aromatic heterocycles. The lowest BCUT2D eigenvalue weighted by atomic mass is 10.0. The monoisotopic (exact) mass is 500 g/mol. The second kappa shape index (κ2) is 10.7. The number of amides is 1. The molecule has 0 aliphatic heterocycles. The molecule has 0 fully saturated rings. The van der Waals surface area contributed by atoms with Crippen LogP contribution in [0.15, 0.2) is 55.5 Å². The van der Waals surface area contributed by atoms with Crippen molar-refractivity contribution >= 4 is 39.7 Å². The van der Waals surface area contributed by atoms with Crippen LogP contribution in [0.2, 0.25) is 0 Å². The Balaban J connectivity index is 1.74. The van der Waals surface area contributed by atoms with Gasteiger partial charge >= 0.3 is 0 Å². The summed E-state index contributed by atoms with van der Waals surface area (Å²) in [7, 11) is 9.53. The highest BCUT2D eigenvalue weighted by Gasteiger charge is 2.20. The number of likely N-dealkylation sites (N-methyl/N-ethyl adjacent to an activating group) is 2. The fraction of sp³-hybridized carbons (Fsp3) is 0.259. The molecule has 10 heteroatoms. The van der Waals surface area contributed by atoms with Crippen LogP contribution in [0.25, 0.3) is 27.9 Å². The molecule has 0 spiro atoms. The van der Waals surface area contributed by atoms with Gasteiger partial charge in [-0.25, -0.2) is 9.97 Å². The van der Waals surface area contributed by atoms with E-state index in [1.165, 1.54) is 6.33 Å². The molecule has 192 valence electrons. The molecule has 37 heavy (non-hydrogen) atoms. The fourth-order valence-corrected chi connectivity index (χ4v) is 4.12. The minimum Gasteiger partial charge on any atom is -0.494 e. The maximum atomic E-state index is 12.1. The van der Waals surface area contributed by atoms with E-state index in [1.54, 1.807) is 13.2 Å². The number of hydrogen-bond donors (Lipinski definition) is 2. The van der Waals surface area contributed by atoms with Crippen molar-refractivity contribution in [1.29, 1.82) is 0 Å². The third-order valence-electron chi connectivity index (χ3n) is 6.19. The van der Waals surface area contributed by atoms with Gasteiger partial charge in [-0.3, -0.25) is 4.79 Å². The molecule has 0 aliphatic rings. The summed E-state index contributed by atoms with van der Waals surface area (Å²) >= 11 is 0. The second-order valence-corrected chi connectivity index (χ2v) is 9.07. The van der Waals surface area contributed by atoms with Crippen LogP contribution >= 0.6 is 0 Å². The smallest absolute Gasteiger partial charge is 0.248 e. The largest absolute Gasteiger partial charge is 0.494 e. The molecule has 0 unspecified atom stereocenters. The molecule has 0 saturated carbocycles. The Morgan fingerprint density at radius 3 is 2.62 bits per heavy atom. The Labute approximate surface area is 216 Å². The molecule has 3 N–H and O–H groups in total. The molecule has 4 rings (SSSR count). The first kappa shape index (κ1) is 25.6. The van der Waals surface area contributed by atoms with Gasteiger partial charge in [0.1, 0.15) is 12.1 Å². The number of carbonyl (C=O) groups is 1. The average Bonchev–Trinajstić information content (AvgIpc) is 3.23. The van der Waals surface area contributed by atoms with Crippen LogP contribution < -0.4 is 20.7 Å². The number of primary amides is 1. The summed E-state index contributed by atoms with van der Waals surface area (Å²) < 4.78 is 7.72. The number of nitrogens with one attached hydrogen (secondary N) is 1. The van der Waals surface area contributed by atoms with Gasteiger partial charge in [-0.2, -0.15) is 4.98 Å². The molecular weight excluding hydrogens is 468 g/mol. The molecule has 0 radical (unpaired) electrons. The van der Waals surface area contributed by atoms with E-state index in [1.807, 2.05) is 74.2 Å². The Kier molecular flexibility index (Phi) is 7.40. The average molecular weight is 501 g/mol. The zero-order valence-electron chi connectivity index (χ0n) is 21.8. The quantitative estimate of drug-likeness (QED) is 0.319. The number of methoxy groups -OCH3 is 1. The van der Waals surface area contributed by atoms with Crippen LogP contribution in [0.4, 0.5) is 17.3 Å². The predicted octanol–water partition coefficient (Wildman–Crippen LogP) is 3.28. The minimum absolute atomic E-state index is 0.199. The first-order chi connectivity index (χ1) is 17.7. The third-order valence-corrected chi connectivity index (χ3v) is 6.19. The van der Waals surface area contributed by atoms with Gasteiger partial charge in [0.25, 0.3) is 0 Å². The maximum Gasteiger partial charge on any atom is 0.248 e. The number of benzene rings is 2. The van der Waals surface area contributed by atoms with E-state index in [9.17, 15) is 4.79 Å². The summed E-state index contributed by atoms with van der Waals surface area (Å²) in [6.45, 7) is 5.48. The number of aryl methyl sites for hydroxylation is 1. The first-order valence-electron chi connectivity index (χ1n) is 11.8. The van der Waals surface area contributed by atoms with E-state index < -0.39 is 5.91 Å². The van der Waals surface area contributed by atoms with Crippen molar-refractivity contribution in [2.75, 3.05) is 51.6 Å². The van der Waals surface area contributed by atoms with Crippen LogP contribution in [0.1, 0.15) is 5.56 Å². The summed E-state index contributed by atoms with van der Waals surface area (Å²) in [4.78, 5) is 29.6. The number of fused-ring (bicyclic) bond motifs is 1. The van der Waals surface area contributed by atoms with Crippen molar-refractivity contribution in [1.82, 2.24) is 24.4 Å². The van der Waals surface area contributed by atoms with Crippen LogP contribution in [-0.2, 0) is 11.8 Å². The first-order valence-corrected chi connectivity index (χ1v) is 11.8. The number of para-hydroxylation sites is 1. The minimum atomic E-state index is -0.600. The highest BCUT2D eigenvalue weighted by molar-refractivity contribution is 6.19. The van der Waals surface area contributed by atoms with Gasteiger partial charge in [-0.15, -0.1) is 0 Å². The Hall–Kier alpha value is -4.44. The highest BCUT2D eigenvalue weighted by Crippen LogP contribution is 2.37. The molecule has 2 aromatic carbocycles. The van der Waals surface area contributed by atoms with Crippen molar-refractivity contribution < 1.29 is 9.53 Å². The van der Waals surface area contributed by atoms with Gasteiger partial charge in [0.05, 0.1) is 12.8 Å². The lowest BCUT2D eigenvalue weighted by Gasteiger charge is -2.26. The van der Waals surface area contributed by atoms with Gasteiger partial charge in [0.2, 0.25) is 11.9 Å². The standard InChI is InChI=1S/C27H32N8O2/c1-17(25(28)36)19-13-21(24(37-6)14-23(19)34(4)12-11-33(2)3)31-27-30-16-29-26(32-27)20-15-35(5)22-10-8-7-9-18(20)22/h7-10,13-16H,1,11-12H2,2-6H3,(H2,28,36)(H,29,30,31,32). The number of nitrogens with zero attached hydrogens (tertiary/aromatic N) is 6. The van der Waals surface area contributed by atoms with Gasteiger partial charge in [-0.05, 0) is 26.2 Å². The normalized spacial score (nSPS) is 11.1.